The Bertz CT molecular complexity index is 427. The van der Waals surface area contributed by atoms with Gasteiger partial charge in [0, 0.05) is 5.56 Å². The highest BCUT2D eigenvalue weighted by atomic mass is 35.5. The molecule has 2 rings (SSSR count). The number of aromatic amines is 1. The number of benzene rings is 1. The van der Waals surface area contributed by atoms with Gasteiger partial charge in [0.05, 0.1) is 17.3 Å². The van der Waals surface area contributed by atoms with E-state index < -0.39 is 6.10 Å². The number of nitrogens with one attached hydrogen (secondary N) is 1. The molecule has 15 heavy (non-hydrogen) atoms. The smallest absolute Gasteiger partial charge is 0.109 e. The minimum absolute atomic E-state index is 0.163. The number of nitrogens with zero attached hydrogens (tertiary/aromatic N) is 1. The van der Waals surface area contributed by atoms with E-state index in [9.17, 15) is 5.11 Å². The summed E-state index contributed by atoms with van der Waals surface area (Å²) in [6.45, 7) is 0. The van der Waals surface area contributed by atoms with Crippen molar-refractivity contribution in [3.8, 4) is 11.3 Å². The molecule has 0 fully saturated rings. The molecule has 78 valence electrons. The summed E-state index contributed by atoms with van der Waals surface area (Å²) in [5.41, 5.74) is 2.47. The fraction of sp³-hybridized carbons (Fsp3) is 0.182. The Hall–Kier alpha value is -1.32. The van der Waals surface area contributed by atoms with E-state index in [4.69, 9.17) is 11.6 Å². The number of H-pyrrole nitrogens is 1. The number of hydrogen-bond acceptors (Lipinski definition) is 2. The van der Waals surface area contributed by atoms with Crippen LogP contribution in [0.5, 0.6) is 0 Å². The van der Waals surface area contributed by atoms with Gasteiger partial charge >= 0.3 is 0 Å². The Morgan fingerprint density at radius 2 is 2.07 bits per heavy atom. The van der Waals surface area contributed by atoms with Gasteiger partial charge in [-0.3, -0.25) is 5.10 Å². The van der Waals surface area contributed by atoms with Crippen molar-refractivity contribution in [2.45, 2.75) is 6.10 Å². The molecule has 1 atom stereocenters. The van der Waals surface area contributed by atoms with Gasteiger partial charge in [-0.1, -0.05) is 30.3 Å². The topological polar surface area (TPSA) is 48.9 Å². The minimum atomic E-state index is -0.684. The van der Waals surface area contributed by atoms with Gasteiger partial charge in [0.1, 0.15) is 6.10 Å². The van der Waals surface area contributed by atoms with Crippen LogP contribution in [-0.4, -0.2) is 21.2 Å². The number of aromatic nitrogens is 2. The number of aliphatic hydroxyl groups is 1. The molecule has 4 heteroatoms. The maximum absolute atomic E-state index is 9.49. The number of hydrogen-bond donors (Lipinski definition) is 2. The van der Waals surface area contributed by atoms with Crippen LogP contribution in [0.1, 0.15) is 11.8 Å². The van der Waals surface area contributed by atoms with E-state index in [1.54, 1.807) is 0 Å². The summed E-state index contributed by atoms with van der Waals surface area (Å²) in [7, 11) is 0. The summed E-state index contributed by atoms with van der Waals surface area (Å²) in [5, 5.41) is 16.4. The monoisotopic (exact) mass is 222 g/mol. The molecule has 0 saturated carbocycles. The third kappa shape index (κ3) is 2.19. The second kappa shape index (κ2) is 4.47. The first kappa shape index (κ1) is 10.2. The van der Waals surface area contributed by atoms with Crippen molar-refractivity contribution in [2.24, 2.45) is 0 Å². The molecule has 0 saturated heterocycles. The average molecular weight is 223 g/mol. The lowest BCUT2D eigenvalue weighted by Gasteiger charge is -2.00. The second-order valence-corrected chi connectivity index (χ2v) is 3.55. The largest absolute Gasteiger partial charge is 0.386 e. The van der Waals surface area contributed by atoms with E-state index >= 15 is 0 Å². The quantitative estimate of drug-likeness (QED) is 0.784. The first-order valence-electron chi connectivity index (χ1n) is 4.66. The number of rotatable bonds is 3. The van der Waals surface area contributed by atoms with Crippen LogP contribution < -0.4 is 0 Å². The van der Waals surface area contributed by atoms with Crippen molar-refractivity contribution >= 4 is 11.6 Å². The standard InChI is InChI=1S/C11H11ClN2O/c12-7-11(15)10-6-9(13-14-10)8-4-2-1-3-5-8/h1-6,11,15H,7H2,(H,13,14). The van der Waals surface area contributed by atoms with Gasteiger partial charge in [0.15, 0.2) is 0 Å². The second-order valence-electron chi connectivity index (χ2n) is 3.24. The molecule has 0 aliphatic rings. The third-order valence-corrected chi connectivity index (χ3v) is 2.46. The minimum Gasteiger partial charge on any atom is -0.386 e. The average Bonchev–Trinajstić information content (AvgIpc) is 2.78. The highest BCUT2D eigenvalue weighted by Crippen LogP contribution is 2.20. The van der Waals surface area contributed by atoms with Crippen LogP contribution in [0, 0.1) is 0 Å². The Balaban J connectivity index is 2.28. The van der Waals surface area contributed by atoms with Gasteiger partial charge in [-0.15, -0.1) is 11.6 Å². The van der Waals surface area contributed by atoms with Crippen molar-refractivity contribution in [3.63, 3.8) is 0 Å². The van der Waals surface area contributed by atoms with Gasteiger partial charge in [-0.05, 0) is 6.07 Å². The van der Waals surface area contributed by atoms with Crippen molar-refractivity contribution in [3.05, 3.63) is 42.1 Å². The molecule has 1 unspecified atom stereocenters. The fourth-order valence-electron chi connectivity index (χ4n) is 1.35. The Labute approximate surface area is 92.7 Å². The highest BCUT2D eigenvalue weighted by molar-refractivity contribution is 6.18. The first-order valence-corrected chi connectivity index (χ1v) is 5.19. The summed E-state index contributed by atoms with van der Waals surface area (Å²) in [6, 6.07) is 11.6. The molecule has 0 radical (unpaired) electrons. The van der Waals surface area contributed by atoms with Crippen LogP contribution in [0.25, 0.3) is 11.3 Å². The van der Waals surface area contributed by atoms with Gasteiger partial charge in [-0.2, -0.15) is 5.10 Å². The highest BCUT2D eigenvalue weighted by Gasteiger charge is 2.10. The zero-order valence-corrected chi connectivity index (χ0v) is 8.78. The molecule has 0 aliphatic heterocycles. The molecule has 0 aliphatic carbocycles. The van der Waals surface area contributed by atoms with Gasteiger partial charge in [0.2, 0.25) is 0 Å². The van der Waals surface area contributed by atoms with Crippen LogP contribution in [-0.2, 0) is 0 Å². The third-order valence-electron chi connectivity index (χ3n) is 2.17. The van der Waals surface area contributed by atoms with Crippen LogP contribution in [0.15, 0.2) is 36.4 Å². The van der Waals surface area contributed by atoms with E-state index in [1.165, 1.54) is 0 Å². The molecule has 1 aromatic carbocycles. The zero-order valence-electron chi connectivity index (χ0n) is 8.02. The van der Waals surface area contributed by atoms with Crippen molar-refractivity contribution in [1.82, 2.24) is 10.2 Å². The molecule has 3 nitrogen and oxygen atoms in total. The molecule has 1 heterocycles. The van der Waals surface area contributed by atoms with Crippen molar-refractivity contribution < 1.29 is 5.11 Å². The molecule has 2 aromatic rings. The van der Waals surface area contributed by atoms with Crippen LogP contribution in [0.2, 0.25) is 0 Å². The molecule has 2 N–H and O–H groups in total. The first-order chi connectivity index (χ1) is 7.31. The lowest BCUT2D eigenvalue weighted by Crippen LogP contribution is -1.98. The van der Waals surface area contributed by atoms with Gasteiger partial charge in [0.25, 0.3) is 0 Å². The van der Waals surface area contributed by atoms with Crippen LogP contribution >= 0.6 is 11.6 Å². The summed E-state index contributed by atoms with van der Waals surface area (Å²) >= 11 is 5.54. The lowest BCUT2D eigenvalue weighted by molar-refractivity contribution is 0.197. The predicted molar refractivity (Wildman–Crippen MR) is 59.7 cm³/mol. The van der Waals surface area contributed by atoms with Crippen molar-refractivity contribution in [2.75, 3.05) is 5.88 Å². The number of halogens is 1. The Kier molecular flexibility index (Phi) is 3.04. The number of alkyl halides is 1. The Morgan fingerprint density at radius 1 is 1.33 bits per heavy atom. The van der Waals surface area contributed by atoms with E-state index in [0.29, 0.717) is 5.69 Å². The molecular weight excluding hydrogens is 212 g/mol. The van der Waals surface area contributed by atoms with Crippen molar-refractivity contribution in [1.29, 1.82) is 0 Å². The SMILES string of the molecule is OC(CCl)c1cc(-c2ccccc2)n[nH]1. The molecule has 0 bridgehead atoms. The molecule has 1 aromatic heterocycles. The lowest BCUT2D eigenvalue weighted by atomic mass is 10.1. The van der Waals surface area contributed by atoms with E-state index in [0.717, 1.165) is 11.3 Å². The van der Waals surface area contributed by atoms with Gasteiger partial charge < -0.3 is 5.11 Å². The van der Waals surface area contributed by atoms with Crippen LogP contribution in [0.3, 0.4) is 0 Å². The van der Waals surface area contributed by atoms with E-state index in [2.05, 4.69) is 10.2 Å². The maximum atomic E-state index is 9.49. The summed E-state index contributed by atoms with van der Waals surface area (Å²) < 4.78 is 0. The predicted octanol–water partition coefficient (Wildman–Crippen LogP) is 2.35. The summed E-state index contributed by atoms with van der Waals surface area (Å²) in [4.78, 5) is 0. The normalized spacial score (nSPS) is 12.7. The molecule has 0 amide bonds. The van der Waals surface area contributed by atoms with E-state index in [1.807, 2.05) is 36.4 Å². The van der Waals surface area contributed by atoms with E-state index in [-0.39, 0.29) is 5.88 Å². The van der Waals surface area contributed by atoms with Crippen LogP contribution in [0.4, 0.5) is 0 Å². The summed E-state index contributed by atoms with van der Waals surface area (Å²) in [6.07, 6.45) is -0.684. The Morgan fingerprint density at radius 3 is 2.73 bits per heavy atom. The molecular formula is C11H11ClN2O. The zero-order chi connectivity index (χ0) is 10.7. The summed E-state index contributed by atoms with van der Waals surface area (Å²) in [5.74, 6) is 0.163. The fourth-order valence-corrected chi connectivity index (χ4v) is 1.51. The molecule has 0 spiro atoms. The van der Waals surface area contributed by atoms with Gasteiger partial charge in [-0.25, -0.2) is 0 Å². The number of aliphatic hydroxyl groups excluding tert-OH is 1. The maximum Gasteiger partial charge on any atom is 0.109 e.